The standard InChI is InChI=1S/C9H15N5/c10-3-1-7-6-5-12-4-2-8(6)14-9(11)13-7/h12H,1-5,10H2,(H2,11,13,14). The van der Waals surface area contributed by atoms with Gasteiger partial charge in [0.15, 0.2) is 0 Å². The molecule has 0 fully saturated rings. The second kappa shape index (κ2) is 3.89. The van der Waals surface area contributed by atoms with E-state index in [1.807, 2.05) is 0 Å². The van der Waals surface area contributed by atoms with Gasteiger partial charge >= 0.3 is 0 Å². The third kappa shape index (κ3) is 1.69. The number of rotatable bonds is 2. The number of nitrogen functional groups attached to an aromatic ring is 1. The first-order chi connectivity index (χ1) is 6.81. The third-order valence-corrected chi connectivity index (χ3v) is 2.42. The van der Waals surface area contributed by atoms with Crippen LogP contribution in [0, 0.1) is 0 Å². The lowest BCUT2D eigenvalue weighted by molar-refractivity contribution is 0.617. The van der Waals surface area contributed by atoms with Gasteiger partial charge in [-0.1, -0.05) is 0 Å². The van der Waals surface area contributed by atoms with Crippen LogP contribution in [0.5, 0.6) is 0 Å². The number of fused-ring (bicyclic) bond motifs is 1. The van der Waals surface area contributed by atoms with Crippen LogP contribution in [0.3, 0.4) is 0 Å². The van der Waals surface area contributed by atoms with Crippen LogP contribution in [0.4, 0.5) is 5.95 Å². The van der Waals surface area contributed by atoms with Crippen molar-refractivity contribution in [1.82, 2.24) is 15.3 Å². The zero-order chi connectivity index (χ0) is 9.97. The zero-order valence-corrected chi connectivity index (χ0v) is 8.08. The fourth-order valence-electron chi connectivity index (χ4n) is 1.78. The van der Waals surface area contributed by atoms with Crippen molar-refractivity contribution in [2.45, 2.75) is 19.4 Å². The number of anilines is 1. The van der Waals surface area contributed by atoms with E-state index in [9.17, 15) is 0 Å². The summed E-state index contributed by atoms with van der Waals surface area (Å²) in [7, 11) is 0. The smallest absolute Gasteiger partial charge is 0.220 e. The van der Waals surface area contributed by atoms with E-state index in [1.54, 1.807) is 0 Å². The Balaban J connectivity index is 2.41. The van der Waals surface area contributed by atoms with E-state index in [0.717, 1.165) is 37.3 Å². The Morgan fingerprint density at radius 2 is 2.21 bits per heavy atom. The summed E-state index contributed by atoms with van der Waals surface area (Å²) in [6.07, 6.45) is 1.70. The lowest BCUT2D eigenvalue weighted by atomic mass is 10.0. The predicted octanol–water partition coefficient (Wildman–Crippen LogP) is -0.794. The molecule has 0 atom stereocenters. The lowest BCUT2D eigenvalue weighted by Crippen LogP contribution is -2.27. The van der Waals surface area contributed by atoms with Gasteiger partial charge in [-0.2, -0.15) is 0 Å². The molecule has 0 aliphatic carbocycles. The number of nitrogens with two attached hydrogens (primary N) is 2. The van der Waals surface area contributed by atoms with Gasteiger partial charge in [0.05, 0.1) is 11.4 Å². The number of nitrogens with one attached hydrogen (secondary N) is 1. The maximum Gasteiger partial charge on any atom is 0.220 e. The first-order valence-corrected chi connectivity index (χ1v) is 4.86. The summed E-state index contributed by atoms with van der Waals surface area (Å²) in [6.45, 7) is 2.40. The Bertz CT molecular complexity index is 336. The molecule has 5 N–H and O–H groups in total. The first-order valence-electron chi connectivity index (χ1n) is 4.86. The van der Waals surface area contributed by atoms with Crippen molar-refractivity contribution in [2.75, 3.05) is 18.8 Å². The van der Waals surface area contributed by atoms with Gasteiger partial charge in [-0.05, 0) is 6.54 Å². The quantitative estimate of drug-likeness (QED) is 0.572. The van der Waals surface area contributed by atoms with E-state index in [-0.39, 0.29) is 0 Å². The average Bonchev–Trinajstić information content (AvgIpc) is 2.18. The van der Waals surface area contributed by atoms with E-state index in [0.29, 0.717) is 12.5 Å². The molecule has 0 radical (unpaired) electrons. The van der Waals surface area contributed by atoms with Gasteiger partial charge in [-0.15, -0.1) is 0 Å². The molecule has 5 heteroatoms. The topological polar surface area (TPSA) is 89.8 Å². The molecular weight excluding hydrogens is 178 g/mol. The molecule has 0 spiro atoms. The van der Waals surface area contributed by atoms with Crippen LogP contribution in [0.15, 0.2) is 0 Å². The summed E-state index contributed by atoms with van der Waals surface area (Å²) in [4.78, 5) is 8.47. The number of aromatic nitrogens is 2. The van der Waals surface area contributed by atoms with Crippen molar-refractivity contribution in [3.63, 3.8) is 0 Å². The van der Waals surface area contributed by atoms with Crippen molar-refractivity contribution in [3.8, 4) is 0 Å². The van der Waals surface area contributed by atoms with Crippen molar-refractivity contribution in [2.24, 2.45) is 5.73 Å². The Morgan fingerprint density at radius 1 is 1.36 bits per heavy atom. The van der Waals surface area contributed by atoms with Gasteiger partial charge in [0.1, 0.15) is 0 Å². The minimum absolute atomic E-state index is 0.370. The Labute approximate surface area is 82.9 Å². The van der Waals surface area contributed by atoms with Crippen molar-refractivity contribution in [3.05, 3.63) is 17.0 Å². The Morgan fingerprint density at radius 3 is 3.00 bits per heavy atom. The summed E-state index contributed by atoms with van der Waals surface area (Å²) in [5, 5.41) is 3.30. The number of hydrogen-bond acceptors (Lipinski definition) is 5. The highest BCUT2D eigenvalue weighted by Crippen LogP contribution is 2.16. The molecule has 1 aromatic heterocycles. The summed E-state index contributed by atoms with van der Waals surface area (Å²) < 4.78 is 0. The fourth-order valence-corrected chi connectivity index (χ4v) is 1.78. The molecule has 5 nitrogen and oxygen atoms in total. The van der Waals surface area contributed by atoms with E-state index >= 15 is 0 Å². The number of nitrogens with zero attached hydrogens (tertiary/aromatic N) is 2. The largest absolute Gasteiger partial charge is 0.368 e. The van der Waals surface area contributed by atoms with Crippen LogP contribution in [0.2, 0.25) is 0 Å². The Kier molecular flexibility index (Phi) is 2.60. The van der Waals surface area contributed by atoms with Gasteiger partial charge in [0, 0.05) is 31.5 Å². The second-order valence-corrected chi connectivity index (χ2v) is 3.42. The maximum atomic E-state index is 5.63. The monoisotopic (exact) mass is 193 g/mol. The predicted molar refractivity (Wildman–Crippen MR) is 54.6 cm³/mol. The highest BCUT2D eigenvalue weighted by atomic mass is 15.0. The summed E-state index contributed by atoms with van der Waals surface area (Å²) >= 11 is 0. The van der Waals surface area contributed by atoms with Crippen LogP contribution in [-0.2, 0) is 19.4 Å². The summed E-state index contributed by atoms with van der Waals surface area (Å²) in [5.41, 5.74) is 14.4. The lowest BCUT2D eigenvalue weighted by Gasteiger charge is -2.18. The summed E-state index contributed by atoms with van der Waals surface area (Å²) in [5.74, 6) is 0.370. The molecule has 0 amide bonds. The third-order valence-electron chi connectivity index (χ3n) is 2.42. The second-order valence-electron chi connectivity index (χ2n) is 3.42. The van der Waals surface area contributed by atoms with Crippen LogP contribution in [0.25, 0.3) is 0 Å². The molecule has 14 heavy (non-hydrogen) atoms. The van der Waals surface area contributed by atoms with E-state index in [1.165, 1.54) is 5.56 Å². The zero-order valence-electron chi connectivity index (χ0n) is 8.08. The van der Waals surface area contributed by atoms with Crippen molar-refractivity contribution < 1.29 is 0 Å². The highest BCUT2D eigenvalue weighted by Gasteiger charge is 2.15. The SMILES string of the molecule is NCCc1nc(N)nc2c1CNCC2. The molecule has 76 valence electrons. The van der Waals surface area contributed by atoms with Crippen molar-refractivity contribution >= 4 is 5.95 Å². The van der Waals surface area contributed by atoms with E-state index in [4.69, 9.17) is 11.5 Å². The molecular formula is C9H15N5. The van der Waals surface area contributed by atoms with Gasteiger partial charge in [0.25, 0.3) is 0 Å². The van der Waals surface area contributed by atoms with Crippen LogP contribution in [0.1, 0.15) is 17.0 Å². The molecule has 0 unspecified atom stereocenters. The average molecular weight is 193 g/mol. The van der Waals surface area contributed by atoms with Crippen molar-refractivity contribution in [1.29, 1.82) is 0 Å². The summed E-state index contributed by atoms with van der Waals surface area (Å²) in [6, 6.07) is 0. The number of hydrogen-bond donors (Lipinski definition) is 3. The molecule has 2 heterocycles. The molecule has 1 aromatic rings. The van der Waals surface area contributed by atoms with Crippen LogP contribution >= 0.6 is 0 Å². The van der Waals surface area contributed by atoms with E-state index < -0.39 is 0 Å². The normalized spacial score (nSPS) is 15.2. The molecule has 1 aliphatic rings. The fraction of sp³-hybridized carbons (Fsp3) is 0.556. The minimum Gasteiger partial charge on any atom is -0.368 e. The minimum atomic E-state index is 0.370. The molecule has 0 aromatic carbocycles. The van der Waals surface area contributed by atoms with Gasteiger partial charge < -0.3 is 16.8 Å². The van der Waals surface area contributed by atoms with Crippen LogP contribution < -0.4 is 16.8 Å². The van der Waals surface area contributed by atoms with E-state index in [2.05, 4.69) is 15.3 Å². The van der Waals surface area contributed by atoms with Gasteiger partial charge in [-0.25, -0.2) is 9.97 Å². The molecule has 0 saturated heterocycles. The van der Waals surface area contributed by atoms with Crippen LogP contribution in [-0.4, -0.2) is 23.1 Å². The first kappa shape index (κ1) is 9.36. The maximum absolute atomic E-state index is 5.63. The van der Waals surface area contributed by atoms with Gasteiger partial charge in [0.2, 0.25) is 5.95 Å². The molecule has 0 saturated carbocycles. The molecule has 1 aliphatic heterocycles. The Hall–Kier alpha value is -1.20. The highest BCUT2D eigenvalue weighted by molar-refractivity contribution is 5.33. The molecule has 0 bridgehead atoms. The molecule has 2 rings (SSSR count). The van der Waals surface area contributed by atoms with Gasteiger partial charge in [-0.3, -0.25) is 0 Å².